The second-order valence-electron chi connectivity index (χ2n) is 10.5. The molecule has 0 amide bonds. The highest BCUT2D eigenvalue weighted by Gasteiger charge is 2.43. The van der Waals surface area contributed by atoms with Gasteiger partial charge in [0.15, 0.2) is 11.5 Å². The fourth-order valence-corrected chi connectivity index (χ4v) is 6.09. The van der Waals surface area contributed by atoms with E-state index >= 15 is 0 Å². The molecule has 1 atom stereocenters. The quantitative estimate of drug-likeness (QED) is 0.226. The molecule has 1 saturated heterocycles. The SMILES string of the molecule is CC1(c2ccc(Cl)cc2F)Oc2cccc(C3CCN(Cc4nc5ccccc5n4Cc4ncco4)CC3)c2O1. The van der Waals surface area contributed by atoms with Crippen LogP contribution in [0.5, 0.6) is 11.5 Å². The molecule has 0 radical (unpaired) electrons. The molecule has 7 nitrogen and oxygen atoms in total. The zero-order valence-electron chi connectivity index (χ0n) is 22.0. The number of likely N-dealkylation sites (tertiary alicyclic amines) is 1. The molecular weight excluding hydrogens is 531 g/mol. The molecule has 2 aliphatic rings. The Morgan fingerprint density at radius 3 is 2.67 bits per heavy atom. The van der Waals surface area contributed by atoms with Crippen LogP contribution in [0.2, 0.25) is 5.02 Å². The van der Waals surface area contributed by atoms with Crippen LogP contribution in [0.4, 0.5) is 4.39 Å². The second-order valence-corrected chi connectivity index (χ2v) is 11.0. The number of hydrogen-bond acceptors (Lipinski definition) is 6. The van der Waals surface area contributed by atoms with Crippen molar-refractivity contribution in [1.29, 1.82) is 0 Å². The molecule has 0 saturated carbocycles. The maximum Gasteiger partial charge on any atom is 0.278 e. The number of piperidine rings is 1. The molecule has 2 aliphatic heterocycles. The van der Waals surface area contributed by atoms with Gasteiger partial charge in [-0.15, -0.1) is 0 Å². The zero-order chi connectivity index (χ0) is 27.3. The summed E-state index contributed by atoms with van der Waals surface area (Å²) < 4.78 is 35.0. The van der Waals surface area contributed by atoms with Crippen molar-refractivity contribution in [3.8, 4) is 11.5 Å². The number of halogens is 2. The number of aromatic nitrogens is 3. The lowest BCUT2D eigenvalue weighted by atomic mass is 9.88. The molecule has 2 aromatic heterocycles. The molecule has 9 heteroatoms. The molecule has 5 aromatic rings. The molecule has 0 bridgehead atoms. The molecule has 40 heavy (non-hydrogen) atoms. The van der Waals surface area contributed by atoms with Crippen molar-refractivity contribution in [2.24, 2.45) is 0 Å². The van der Waals surface area contributed by atoms with E-state index in [-0.39, 0.29) is 0 Å². The van der Waals surface area contributed by atoms with E-state index in [1.807, 2.05) is 30.3 Å². The number of rotatable bonds is 6. The Balaban J connectivity index is 1.08. The maximum absolute atomic E-state index is 14.8. The first kappa shape index (κ1) is 25.1. The van der Waals surface area contributed by atoms with Crippen molar-refractivity contribution < 1.29 is 18.3 Å². The van der Waals surface area contributed by atoms with E-state index in [0.29, 0.717) is 40.4 Å². The van der Waals surface area contributed by atoms with Gasteiger partial charge in [0, 0.05) is 17.5 Å². The van der Waals surface area contributed by atoms with Gasteiger partial charge in [0.1, 0.15) is 24.4 Å². The summed E-state index contributed by atoms with van der Waals surface area (Å²) >= 11 is 5.97. The molecule has 1 fully saturated rings. The minimum absolute atomic E-state index is 0.304. The van der Waals surface area contributed by atoms with Gasteiger partial charge in [-0.25, -0.2) is 14.4 Å². The minimum Gasteiger partial charge on any atom is -0.447 e. The van der Waals surface area contributed by atoms with Gasteiger partial charge < -0.3 is 18.5 Å². The summed E-state index contributed by atoms with van der Waals surface area (Å²) in [5.74, 6) is 1.59. The lowest BCUT2D eigenvalue weighted by Gasteiger charge is -2.32. The summed E-state index contributed by atoms with van der Waals surface area (Å²) in [6.45, 7) is 4.86. The molecular formula is C31H28ClFN4O3. The first-order chi connectivity index (χ1) is 19.5. The third kappa shape index (κ3) is 4.51. The molecule has 7 rings (SSSR count). The van der Waals surface area contributed by atoms with Crippen molar-refractivity contribution in [2.75, 3.05) is 13.1 Å². The molecule has 3 aromatic carbocycles. The molecule has 0 spiro atoms. The van der Waals surface area contributed by atoms with Gasteiger partial charge >= 0.3 is 0 Å². The summed E-state index contributed by atoms with van der Waals surface area (Å²) in [7, 11) is 0. The largest absolute Gasteiger partial charge is 0.447 e. The van der Waals surface area contributed by atoms with Crippen LogP contribution in [0.15, 0.2) is 77.5 Å². The fourth-order valence-electron chi connectivity index (χ4n) is 5.93. The molecule has 4 heterocycles. The monoisotopic (exact) mass is 558 g/mol. The van der Waals surface area contributed by atoms with Crippen LogP contribution in [0.1, 0.15) is 48.5 Å². The number of para-hydroxylation sites is 3. The lowest BCUT2D eigenvalue weighted by Crippen LogP contribution is -2.34. The predicted octanol–water partition coefficient (Wildman–Crippen LogP) is 6.89. The van der Waals surface area contributed by atoms with E-state index in [4.69, 9.17) is 30.5 Å². The Morgan fingerprint density at radius 1 is 1.02 bits per heavy atom. The van der Waals surface area contributed by atoms with E-state index in [0.717, 1.165) is 54.9 Å². The highest BCUT2D eigenvalue weighted by atomic mass is 35.5. The van der Waals surface area contributed by atoms with Crippen LogP contribution in [0.3, 0.4) is 0 Å². The third-order valence-electron chi connectivity index (χ3n) is 7.93. The van der Waals surface area contributed by atoms with E-state index < -0.39 is 11.6 Å². The van der Waals surface area contributed by atoms with Crippen LogP contribution in [-0.2, 0) is 18.9 Å². The van der Waals surface area contributed by atoms with Crippen molar-refractivity contribution >= 4 is 22.6 Å². The molecule has 204 valence electrons. The first-order valence-corrected chi connectivity index (χ1v) is 13.9. The Labute approximate surface area is 236 Å². The molecule has 1 unspecified atom stereocenters. The Bertz CT molecular complexity index is 1680. The standard InChI is InChI=1S/C31H28ClFN4O3/c1-31(23-10-9-21(32)17-24(23)33)39-27-8-4-5-22(30(27)40-31)20-11-14-36(15-12-20)18-28-35-25-6-2-3-7-26(25)37(28)19-29-34-13-16-38-29/h2-10,13,16-17,20H,11-12,14-15,18-19H2,1H3. The van der Waals surface area contributed by atoms with Crippen LogP contribution in [0, 0.1) is 5.82 Å². The minimum atomic E-state index is -1.25. The van der Waals surface area contributed by atoms with Crippen LogP contribution >= 0.6 is 11.6 Å². The van der Waals surface area contributed by atoms with E-state index in [9.17, 15) is 4.39 Å². The number of hydrogen-bond donors (Lipinski definition) is 0. The van der Waals surface area contributed by atoms with Crippen molar-refractivity contribution in [1.82, 2.24) is 19.4 Å². The van der Waals surface area contributed by atoms with E-state index in [2.05, 4.69) is 26.6 Å². The Kier molecular flexibility index (Phi) is 6.24. The van der Waals surface area contributed by atoms with Crippen molar-refractivity contribution in [3.63, 3.8) is 0 Å². The van der Waals surface area contributed by atoms with Crippen molar-refractivity contribution in [2.45, 2.75) is 44.6 Å². The van der Waals surface area contributed by atoms with Crippen molar-refractivity contribution in [3.05, 3.63) is 107 Å². The third-order valence-corrected chi connectivity index (χ3v) is 8.17. The summed E-state index contributed by atoms with van der Waals surface area (Å²) in [5.41, 5.74) is 3.46. The molecule has 0 aliphatic carbocycles. The second kappa shape index (κ2) is 9.94. The molecule has 0 N–H and O–H groups in total. The average Bonchev–Trinajstić information content (AvgIpc) is 3.67. The summed E-state index contributed by atoms with van der Waals surface area (Å²) in [6.07, 6.45) is 5.20. The van der Waals surface area contributed by atoms with Gasteiger partial charge in [-0.2, -0.15) is 0 Å². The fraction of sp³-hybridized carbons (Fsp3) is 0.290. The highest BCUT2D eigenvalue weighted by Crippen LogP contribution is 2.49. The number of fused-ring (bicyclic) bond motifs is 2. The van der Waals surface area contributed by atoms with Gasteiger partial charge in [0.2, 0.25) is 5.89 Å². The Hall–Kier alpha value is -3.88. The van der Waals surface area contributed by atoms with Gasteiger partial charge in [-0.05, 0) is 68.2 Å². The summed E-state index contributed by atoms with van der Waals surface area (Å²) in [6, 6.07) is 18.7. The van der Waals surface area contributed by atoms with Crippen LogP contribution in [-0.4, -0.2) is 32.5 Å². The number of ether oxygens (including phenoxy) is 2. The number of nitrogens with zero attached hydrogens (tertiary/aromatic N) is 4. The smallest absolute Gasteiger partial charge is 0.278 e. The number of oxazole rings is 1. The predicted molar refractivity (Wildman–Crippen MR) is 149 cm³/mol. The topological polar surface area (TPSA) is 65.5 Å². The van der Waals surface area contributed by atoms with Gasteiger partial charge in [0.05, 0.1) is 29.3 Å². The maximum atomic E-state index is 14.8. The first-order valence-electron chi connectivity index (χ1n) is 13.5. The highest BCUT2D eigenvalue weighted by molar-refractivity contribution is 6.30. The normalized spacial score (nSPS) is 19.5. The summed E-state index contributed by atoms with van der Waals surface area (Å²) in [5, 5.41) is 0.334. The lowest BCUT2D eigenvalue weighted by molar-refractivity contribution is -0.0712. The average molecular weight is 559 g/mol. The number of benzene rings is 3. The van der Waals surface area contributed by atoms with Gasteiger partial charge in [-0.1, -0.05) is 35.9 Å². The number of imidazole rings is 1. The Morgan fingerprint density at radius 2 is 1.88 bits per heavy atom. The van der Waals surface area contributed by atoms with Crippen LogP contribution in [0.25, 0.3) is 11.0 Å². The van der Waals surface area contributed by atoms with Crippen LogP contribution < -0.4 is 9.47 Å². The zero-order valence-corrected chi connectivity index (χ0v) is 22.8. The van der Waals surface area contributed by atoms with E-state index in [1.54, 1.807) is 31.5 Å². The van der Waals surface area contributed by atoms with Gasteiger partial charge in [0.25, 0.3) is 5.79 Å². The van der Waals surface area contributed by atoms with E-state index in [1.165, 1.54) is 6.07 Å². The van der Waals surface area contributed by atoms with Gasteiger partial charge in [-0.3, -0.25) is 4.90 Å². The summed E-state index contributed by atoms with van der Waals surface area (Å²) in [4.78, 5) is 11.7.